The predicted molar refractivity (Wildman–Crippen MR) is 103 cm³/mol. The molecule has 1 aliphatic heterocycles. The number of fused-ring (bicyclic) bond motifs is 2. The van der Waals surface area contributed by atoms with Crippen LogP contribution in [0.5, 0.6) is 0 Å². The highest BCUT2D eigenvalue weighted by Crippen LogP contribution is 2.54. The fourth-order valence-corrected chi connectivity index (χ4v) is 5.37. The molecule has 29 heavy (non-hydrogen) atoms. The van der Waals surface area contributed by atoms with Gasteiger partial charge in [-0.3, -0.25) is 4.79 Å². The molecule has 1 saturated heterocycles. The molecule has 1 saturated carbocycles. The summed E-state index contributed by atoms with van der Waals surface area (Å²) in [5.41, 5.74) is 0.749. The van der Waals surface area contributed by atoms with E-state index in [0.29, 0.717) is 23.6 Å². The van der Waals surface area contributed by atoms with Gasteiger partial charge in [0.05, 0.1) is 17.1 Å². The number of aromatic nitrogens is 2. The standard InChI is InChI=1S/C21H26F3N3O2/c1-11(2)27-15-7-6-12(10-14(15)25-19(27)21(22,23)24)18(28)26(5)16-13-8-9-29-17(13)20(16,3)4/h6-7,10-11,13,16-17H,8-9H2,1-5H3/t13-,16+,17+/m0/s1. The maximum absolute atomic E-state index is 13.4. The number of nitrogens with zero attached hydrogens (tertiary/aromatic N) is 3. The van der Waals surface area contributed by atoms with Crippen molar-refractivity contribution >= 4 is 16.9 Å². The van der Waals surface area contributed by atoms with E-state index in [1.54, 1.807) is 37.9 Å². The van der Waals surface area contributed by atoms with Gasteiger partial charge >= 0.3 is 6.18 Å². The summed E-state index contributed by atoms with van der Waals surface area (Å²) < 4.78 is 47.3. The largest absolute Gasteiger partial charge is 0.449 e. The Balaban J connectivity index is 1.68. The van der Waals surface area contributed by atoms with Crippen LogP contribution in [0.3, 0.4) is 0 Å². The third kappa shape index (κ3) is 2.95. The summed E-state index contributed by atoms with van der Waals surface area (Å²) in [6.45, 7) is 8.26. The van der Waals surface area contributed by atoms with Crippen molar-refractivity contribution in [3.8, 4) is 0 Å². The van der Waals surface area contributed by atoms with E-state index in [4.69, 9.17) is 4.74 Å². The predicted octanol–water partition coefficient (Wildman–Crippen LogP) is 4.52. The lowest BCUT2D eigenvalue weighted by Crippen LogP contribution is -2.66. The van der Waals surface area contributed by atoms with Gasteiger partial charge in [0.2, 0.25) is 5.82 Å². The van der Waals surface area contributed by atoms with Crippen LogP contribution in [0.2, 0.25) is 0 Å². The number of amides is 1. The number of hydrogen-bond acceptors (Lipinski definition) is 3. The Kier molecular flexibility index (Phi) is 4.49. The molecule has 0 unspecified atom stereocenters. The van der Waals surface area contributed by atoms with E-state index in [1.807, 2.05) is 0 Å². The molecule has 8 heteroatoms. The van der Waals surface area contributed by atoms with Gasteiger partial charge in [0, 0.05) is 42.6 Å². The first-order valence-corrected chi connectivity index (χ1v) is 9.92. The minimum Gasteiger partial charge on any atom is -0.377 e. The SMILES string of the molecule is CC(C)n1c(C(F)(F)F)nc2cc(C(=O)N(C)[C@@H]3[C@@H]4CCO[C@H]4C3(C)C)ccc21. The second-order valence-corrected chi connectivity index (χ2v) is 9.03. The van der Waals surface area contributed by atoms with Gasteiger partial charge in [0.1, 0.15) is 0 Å². The number of benzene rings is 1. The average molecular weight is 409 g/mol. The minimum absolute atomic E-state index is 0.0390. The summed E-state index contributed by atoms with van der Waals surface area (Å²) in [4.78, 5) is 18.7. The van der Waals surface area contributed by atoms with Gasteiger partial charge in [-0.1, -0.05) is 13.8 Å². The van der Waals surface area contributed by atoms with Crippen molar-refractivity contribution < 1.29 is 22.7 Å². The molecule has 1 aromatic carbocycles. The molecule has 158 valence electrons. The highest BCUT2D eigenvalue weighted by Gasteiger charge is 2.61. The fraction of sp³-hybridized carbons (Fsp3) is 0.619. The second-order valence-electron chi connectivity index (χ2n) is 9.03. The first kappa shape index (κ1) is 20.2. The second kappa shape index (κ2) is 6.45. The molecule has 0 spiro atoms. The smallest absolute Gasteiger partial charge is 0.377 e. The molecule has 0 N–H and O–H groups in total. The number of hydrogen-bond donors (Lipinski definition) is 0. The number of imidazole rings is 1. The van der Waals surface area contributed by atoms with Crippen LogP contribution < -0.4 is 0 Å². The summed E-state index contributed by atoms with van der Waals surface area (Å²) in [5, 5.41) is 0. The zero-order valence-corrected chi connectivity index (χ0v) is 17.2. The Morgan fingerprint density at radius 2 is 2.03 bits per heavy atom. The molecule has 4 rings (SSSR count). The maximum atomic E-state index is 13.4. The van der Waals surface area contributed by atoms with Crippen LogP contribution in [0.15, 0.2) is 18.2 Å². The molecule has 2 fully saturated rings. The summed E-state index contributed by atoms with van der Waals surface area (Å²) in [7, 11) is 1.77. The molecule has 2 heterocycles. The highest BCUT2D eigenvalue weighted by atomic mass is 19.4. The van der Waals surface area contributed by atoms with E-state index >= 15 is 0 Å². The lowest BCUT2D eigenvalue weighted by atomic mass is 9.56. The number of alkyl halides is 3. The van der Waals surface area contributed by atoms with Crippen LogP contribution in [-0.4, -0.2) is 46.2 Å². The summed E-state index contributed by atoms with van der Waals surface area (Å²) in [5.74, 6) is -0.839. The Labute approximate surface area is 167 Å². The Morgan fingerprint density at radius 1 is 1.34 bits per heavy atom. The van der Waals surface area contributed by atoms with Crippen molar-refractivity contribution in [3.63, 3.8) is 0 Å². The normalized spacial score (nSPS) is 25.9. The molecular weight excluding hydrogens is 383 g/mol. The lowest BCUT2D eigenvalue weighted by Gasteiger charge is -2.57. The molecule has 2 aromatic rings. The average Bonchev–Trinajstić information content (AvgIpc) is 3.22. The molecular formula is C21H26F3N3O2. The number of halogens is 3. The van der Waals surface area contributed by atoms with Crippen LogP contribution in [0, 0.1) is 11.3 Å². The maximum Gasteiger partial charge on any atom is 0.449 e. The van der Waals surface area contributed by atoms with E-state index < -0.39 is 18.0 Å². The summed E-state index contributed by atoms with van der Waals surface area (Å²) >= 11 is 0. The Morgan fingerprint density at radius 3 is 2.66 bits per heavy atom. The van der Waals surface area contributed by atoms with Crippen LogP contribution in [0.4, 0.5) is 13.2 Å². The van der Waals surface area contributed by atoms with Crippen molar-refractivity contribution in [2.45, 2.75) is 58.5 Å². The van der Waals surface area contributed by atoms with E-state index in [2.05, 4.69) is 18.8 Å². The van der Waals surface area contributed by atoms with Crippen LogP contribution >= 0.6 is 0 Å². The van der Waals surface area contributed by atoms with E-state index in [9.17, 15) is 18.0 Å². The summed E-state index contributed by atoms with van der Waals surface area (Å²) in [6.07, 6.45) is -3.48. The van der Waals surface area contributed by atoms with Crippen molar-refractivity contribution in [1.82, 2.24) is 14.5 Å². The first-order chi connectivity index (χ1) is 13.4. The van der Waals surface area contributed by atoms with Crippen LogP contribution in [0.25, 0.3) is 11.0 Å². The molecule has 1 aromatic heterocycles. The fourth-order valence-electron chi connectivity index (χ4n) is 5.37. The molecule has 0 bridgehead atoms. The molecule has 3 atom stereocenters. The zero-order chi connectivity index (χ0) is 21.3. The molecule has 1 aliphatic carbocycles. The quantitative estimate of drug-likeness (QED) is 0.749. The third-order valence-corrected chi connectivity index (χ3v) is 6.48. The van der Waals surface area contributed by atoms with Gasteiger partial charge in [-0.05, 0) is 38.5 Å². The first-order valence-electron chi connectivity index (χ1n) is 9.92. The van der Waals surface area contributed by atoms with Crippen molar-refractivity contribution in [1.29, 1.82) is 0 Å². The number of rotatable bonds is 3. The monoisotopic (exact) mass is 409 g/mol. The van der Waals surface area contributed by atoms with E-state index in [1.165, 1.54) is 10.6 Å². The van der Waals surface area contributed by atoms with Gasteiger partial charge in [-0.15, -0.1) is 0 Å². The minimum atomic E-state index is -4.56. The zero-order valence-electron chi connectivity index (χ0n) is 17.2. The van der Waals surface area contributed by atoms with Gasteiger partial charge in [-0.2, -0.15) is 13.2 Å². The molecule has 2 aliphatic rings. The molecule has 5 nitrogen and oxygen atoms in total. The number of ether oxygens (including phenoxy) is 1. The van der Waals surface area contributed by atoms with Gasteiger partial charge in [0.25, 0.3) is 5.91 Å². The van der Waals surface area contributed by atoms with Gasteiger partial charge < -0.3 is 14.2 Å². The van der Waals surface area contributed by atoms with Crippen molar-refractivity contribution in [3.05, 3.63) is 29.6 Å². The Bertz CT molecular complexity index is 964. The summed E-state index contributed by atoms with van der Waals surface area (Å²) in [6, 6.07) is 4.26. The van der Waals surface area contributed by atoms with Crippen molar-refractivity contribution in [2.24, 2.45) is 11.3 Å². The van der Waals surface area contributed by atoms with E-state index in [0.717, 1.165) is 6.42 Å². The topological polar surface area (TPSA) is 47.4 Å². The third-order valence-electron chi connectivity index (χ3n) is 6.48. The number of carbonyl (C=O) groups excluding carboxylic acids is 1. The molecule has 1 amide bonds. The van der Waals surface area contributed by atoms with Gasteiger partial charge in [0.15, 0.2) is 0 Å². The van der Waals surface area contributed by atoms with Crippen molar-refractivity contribution in [2.75, 3.05) is 13.7 Å². The highest BCUT2D eigenvalue weighted by molar-refractivity contribution is 5.97. The van der Waals surface area contributed by atoms with Crippen LogP contribution in [-0.2, 0) is 10.9 Å². The lowest BCUT2D eigenvalue weighted by molar-refractivity contribution is -0.147. The van der Waals surface area contributed by atoms with Gasteiger partial charge in [-0.25, -0.2) is 4.98 Å². The number of carbonyl (C=O) groups is 1. The van der Waals surface area contributed by atoms with E-state index in [-0.39, 0.29) is 29.0 Å². The molecule has 0 radical (unpaired) electrons. The Hall–Kier alpha value is -2.09. The van der Waals surface area contributed by atoms with Crippen LogP contribution in [0.1, 0.15) is 56.3 Å².